The Morgan fingerprint density at radius 3 is 2.06 bits per heavy atom. The number of morpholine rings is 1. The van der Waals surface area contributed by atoms with Gasteiger partial charge in [-0.2, -0.15) is 0 Å². The number of primary amides is 1. The van der Waals surface area contributed by atoms with Crippen LogP contribution in [0.1, 0.15) is 60.9 Å². The summed E-state index contributed by atoms with van der Waals surface area (Å²) in [5.41, 5.74) is 6.07. The zero-order valence-electron chi connectivity index (χ0n) is 20.1. The van der Waals surface area contributed by atoms with Gasteiger partial charge in [-0.1, -0.05) is 60.7 Å². The second-order valence-electron chi connectivity index (χ2n) is 9.47. The Morgan fingerprint density at radius 1 is 0.857 bits per heavy atom. The van der Waals surface area contributed by atoms with E-state index in [4.69, 9.17) is 15.2 Å². The number of nitrogens with zero attached hydrogens (tertiary/aromatic N) is 1. The van der Waals surface area contributed by atoms with Crippen LogP contribution >= 0.6 is 0 Å². The van der Waals surface area contributed by atoms with Crippen LogP contribution in [0.2, 0.25) is 0 Å². The van der Waals surface area contributed by atoms with Crippen LogP contribution in [0.15, 0.2) is 60.7 Å². The van der Waals surface area contributed by atoms with Gasteiger partial charge in [-0.15, -0.1) is 0 Å². The van der Waals surface area contributed by atoms with Gasteiger partial charge in [0, 0.05) is 37.0 Å². The molecule has 1 saturated carbocycles. The fourth-order valence-electron chi connectivity index (χ4n) is 5.42. The van der Waals surface area contributed by atoms with Crippen LogP contribution in [-0.2, 0) is 24.6 Å². The van der Waals surface area contributed by atoms with Gasteiger partial charge >= 0.3 is 5.97 Å². The Hall–Kier alpha value is -3.03. The van der Waals surface area contributed by atoms with Crippen molar-refractivity contribution in [1.29, 1.82) is 0 Å². The minimum absolute atomic E-state index is 0.0150. The van der Waals surface area contributed by atoms with E-state index >= 15 is 0 Å². The van der Waals surface area contributed by atoms with Crippen LogP contribution in [0.3, 0.4) is 0 Å². The monoisotopic (exact) mass is 478 g/mol. The number of carbonyl (C=O) groups excluding carboxylic acids is 3. The highest BCUT2D eigenvalue weighted by atomic mass is 16.6. The molecule has 0 aromatic heterocycles. The van der Waals surface area contributed by atoms with Crippen molar-refractivity contribution >= 4 is 17.7 Å². The van der Waals surface area contributed by atoms with Crippen LogP contribution < -0.4 is 5.73 Å². The first-order valence-corrected chi connectivity index (χ1v) is 12.4. The van der Waals surface area contributed by atoms with Gasteiger partial charge in [-0.25, -0.2) is 0 Å². The molecule has 0 atom stereocenters. The average molecular weight is 479 g/mol. The van der Waals surface area contributed by atoms with Gasteiger partial charge in [0.25, 0.3) is 5.91 Å². The van der Waals surface area contributed by atoms with Crippen LogP contribution in [-0.4, -0.2) is 54.5 Å². The maximum absolute atomic E-state index is 12.7. The predicted molar refractivity (Wildman–Crippen MR) is 132 cm³/mol. The smallest absolute Gasteiger partial charge is 0.306 e. The minimum Gasteiger partial charge on any atom is -0.449 e. The molecule has 1 aliphatic heterocycles. The number of amides is 1. The summed E-state index contributed by atoms with van der Waals surface area (Å²) < 4.78 is 11.4. The molecule has 35 heavy (non-hydrogen) atoms. The molecular weight excluding hydrogens is 444 g/mol. The Balaban J connectivity index is 1.40. The Labute approximate surface area is 206 Å². The molecule has 186 valence electrons. The fraction of sp³-hybridized carbons (Fsp3) is 0.464. The number of Topliss-reactive ketones (excluding diaryl/α,β-unsaturated/α-hetero) is 1. The number of carbonyl (C=O) groups is 3. The van der Waals surface area contributed by atoms with E-state index in [1.54, 1.807) is 12.1 Å². The molecule has 2 aliphatic rings. The van der Waals surface area contributed by atoms with Crippen LogP contribution in [0.4, 0.5) is 0 Å². The zero-order valence-corrected chi connectivity index (χ0v) is 20.1. The van der Waals surface area contributed by atoms with E-state index in [1.807, 2.05) is 36.4 Å². The lowest BCUT2D eigenvalue weighted by Crippen LogP contribution is -2.58. The van der Waals surface area contributed by atoms with Crippen LogP contribution in [0.5, 0.6) is 0 Å². The first-order valence-electron chi connectivity index (χ1n) is 12.4. The Kier molecular flexibility index (Phi) is 7.98. The van der Waals surface area contributed by atoms with Crippen molar-refractivity contribution in [3.8, 4) is 0 Å². The molecule has 2 aromatic rings. The van der Waals surface area contributed by atoms with E-state index in [1.165, 1.54) is 5.56 Å². The molecule has 2 fully saturated rings. The molecule has 2 aromatic carbocycles. The van der Waals surface area contributed by atoms with Crippen molar-refractivity contribution in [2.45, 2.75) is 56.1 Å². The van der Waals surface area contributed by atoms with Gasteiger partial charge in [-0.05, 0) is 37.7 Å². The highest BCUT2D eigenvalue weighted by molar-refractivity contribution is 5.96. The summed E-state index contributed by atoms with van der Waals surface area (Å²) >= 11 is 0. The summed E-state index contributed by atoms with van der Waals surface area (Å²) in [5.74, 6) is -1.10. The van der Waals surface area contributed by atoms with E-state index in [-0.39, 0.29) is 24.2 Å². The number of hydrogen-bond acceptors (Lipinski definition) is 6. The highest BCUT2D eigenvalue weighted by Gasteiger charge is 2.51. The molecule has 0 bridgehead atoms. The molecule has 0 unspecified atom stereocenters. The van der Waals surface area contributed by atoms with E-state index in [0.717, 1.165) is 13.1 Å². The third kappa shape index (κ3) is 5.63. The lowest BCUT2D eigenvalue weighted by atomic mass is 9.69. The summed E-state index contributed by atoms with van der Waals surface area (Å²) in [6.07, 6.45) is 2.72. The normalized spacial score (nSPS) is 25.0. The number of hydrogen-bond donors (Lipinski definition) is 1. The summed E-state index contributed by atoms with van der Waals surface area (Å²) in [5, 5.41) is 0. The summed E-state index contributed by atoms with van der Waals surface area (Å²) in [6.45, 7) is 2.97. The standard InChI is InChI=1S/C28H34N2O5/c29-26(33)28(35-25(32)13-7-12-24(31)22-8-3-1-4-9-22)16-14-27(15-17-28,23-10-5-2-6-11-23)30-18-20-34-21-19-30/h1-6,8-11H,7,12-21H2,(H2,29,33). The summed E-state index contributed by atoms with van der Waals surface area (Å²) in [4.78, 5) is 40.0. The quantitative estimate of drug-likeness (QED) is 0.437. The number of ether oxygens (including phenoxy) is 2. The number of benzene rings is 2. The molecule has 1 aliphatic carbocycles. The molecule has 2 N–H and O–H groups in total. The SMILES string of the molecule is NC(=O)C1(OC(=O)CCCC(=O)c2ccccc2)CCC(c2ccccc2)(N2CCOCC2)CC1. The lowest BCUT2D eigenvalue weighted by Gasteiger charge is -2.51. The molecule has 0 spiro atoms. The van der Waals surface area contributed by atoms with Gasteiger partial charge in [0.2, 0.25) is 0 Å². The van der Waals surface area contributed by atoms with Gasteiger partial charge in [0.05, 0.1) is 13.2 Å². The van der Waals surface area contributed by atoms with Gasteiger partial charge in [0.1, 0.15) is 0 Å². The van der Waals surface area contributed by atoms with E-state index in [0.29, 0.717) is 50.9 Å². The summed E-state index contributed by atoms with van der Waals surface area (Å²) in [6, 6.07) is 19.3. The molecule has 4 rings (SSSR count). The van der Waals surface area contributed by atoms with Crippen molar-refractivity contribution in [3.05, 3.63) is 71.8 Å². The largest absolute Gasteiger partial charge is 0.449 e. The number of ketones is 1. The third-order valence-electron chi connectivity index (χ3n) is 7.45. The molecule has 0 radical (unpaired) electrons. The second-order valence-corrected chi connectivity index (χ2v) is 9.47. The van der Waals surface area contributed by atoms with Gasteiger partial charge in [-0.3, -0.25) is 19.3 Å². The van der Waals surface area contributed by atoms with Crippen LogP contribution in [0, 0.1) is 0 Å². The average Bonchev–Trinajstić information content (AvgIpc) is 2.90. The fourth-order valence-corrected chi connectivity index (χ4v) is 5.42. The summed E-state index contributed by atoms with van der Waals surface area (Å²) in [7, 11) is 0. The van der Waals surface area contributed by atoms with Crippen molar-refractivity contribution in [3.63, 3.8) is 0 Å². The van der Waals surface area contributed by atoms with E-state index in [9.17, 15) is 14.4 Å². The molecular formula is C28H34N2O5. The van der Waals surface area contributed by atoms with Crippen LogP contribution in [0.25, 0.3) is 0 Å². The topological polar surface area (TPSA) is 98.9 Å². The molecule has 7 heteroatoms. The van der Waals surface area contributed by atoms with Crippen molar-refractivity contribution in [1.82, 2.24) is 4.90 Å². The third-order valence-corrected chi connectivity index (χ3v) is 7.45. The van der Waals surface area contributed by atoms with Gasteiger partial charge in [0.15, 0.2) is 11.4 Å². The molecule has 1 amide bonds. The zero-order chi connectivity index (χ0) is 24.7. The first kappa shape index (κ1) is 25.1. The maximum atomic E-state index is 12.7. The van der Waals surface area contributed by atoms with Crippen molar-refractivity contribution < 1.29 is 23.9 Å². The van der Waals surface area contributed by atoms with Crippen molar-refractivity contribution in [2.75, 3.05) is 26.3 Å². The Morgan fingerprint density at radius 2 is 1.46 bits per heavy atom. The van der Waals surface area contributed by atoms with E-state index < -0.39 is 17.5 Å². The molecule has 1 saturated heterocycles. The molecule has 7 nitrogen and oxygen atoms in total. The number of nitrogens with two attached hydrogens (primary N) is 1. The minimum atomic E-state index is -1.31. The highest BCUT2D eigenvalue weighted by Crippen LogP contribution is 2.47. The number of rotatable bonds is 9. The van der Waals surface area contributed by atoms with Gasteiger partial charge < -0.3 is 15.2 Å². The van der Waals surface area contributed by atoms with Crippen molar-refractivity contribution in [2.24, 2.45) is 5.73 Å². The molecule has 1 heterocycles. The lowest BCUT2D eigenvalue weighted by molar-refractivity contribution is -0.176. The number of esters is 1. The van der Waals surface area contributed by atoms with E-state index in [2.05, 4.69) is 17.0 Å². The Bertz CT molecular complexity index is 1010. The second kappa shape index (κ2) is 11.1. The maximum Gasteiger partial charge on any atom is 0.306 e. The predicted octanol–water partition coefficient (Wildman–Crippen LogP) is 3.61. The first-order chi connectivity index (χ1) is 17.0.